The smallest absolute Gasteiger partial charge is 0.249 e. The monoisotopic (exact) mass is 499 g/mol. The van der Waals surface area contributed by atoms with Crippen molar-refractivity contribution < 1.29 is 14.0 Å². The van der Waals surface area contributed by atoms with Crippen molar-refractivity contribution in [3.8, 4) is 0 Å². The average Bonchev–Trinajstić information content (AvgIpc) is 3.56. The molecular weight excluding hydrogens is 478 g/mol. The molecule has 1 atom stereocenters. The van der Waals surface area contributed by atoms with E-state index in [4.69, 9.17) is 16.0 Å². The zero-order chi connectivity index (χ0) is 24.9. The molecule has 0 saturated carbocycles. The fraction of sp³-hybridized carbons (Fsp3) is 0.111. The first-order chi connectivity index (χ1) is 17.6. The molecule has 180 valence electrons. The molecule has 0 fully saturated rings. The number of carbonyl (C=O) groups is 2. The number of nitrogens with one attached hydrogen (secondary N) is 1. The van der Waals surface area contributed by atoms with Gasteiger partial charge in [0.25, 0.3) is 0 Å². The van der Waals surface area contributed by atoms with E-state index in [1.807, 2.05) is 54.6 Å². The summed E-state index contributed by atoms with van der Waals surface area (Å²) < 4.78 is 6.88. The molecule has 3 aromatic carbocycles. The highest BCUT2D eigenvalue weighted by atomic mass is 35.5. The van der Waals surface area contributed by atoms with Crippen LogP contribution in [0.25, 0.3) is 11.0 Å². The number of amides is 2. The van der Waals surface area contributed by atoms with Crippen LogP contribution in [0.5, 0.6) is 0 Å². The molecule has 1 N–H and O–H groups in total. The summed E-state index contributed by atoms with van der Waals surface area (Å²) in [5, 5.41) is 11.6. The number of nitrogens with zero attached hydrogens (tertiary/aromatic N) is 4. The number of fused-ring (bicyclic) bond motifs is 1. The van der Waals surface area contributed by atoms with Crippen molar-refractivity contribution in [2.75, 3.05) is 4.90 Å². The van der Waals surface area contributed by atoms with Gasteiger partial charge in [-0.2, -0.15) is 0 Å². The molecule has 0 spiro atoms. The minimum atomic E-state index is -0.970. The molecule has 0 aliphatic rings. The van der Waals surface area contributed by atoms with Gasteiger partial charge in [0.05, 0.1) is 18.3 Å². The van der Waals surface area contributed by atoms with Gasteiger partial charge in [0.15, 0.2) is 0 Å². The van der Waals surface area contributed by atoms with Crippen LogP contribution in [0.2, 0.25) is 5.02 Å². The number of carbonyl (C=O) groups excluding carboxylic acids is 2. The molecule has 5 aromatic rings. The van der Waals surface area contributed by atoms with Crippen molar-refractivity contribution in [2.45, 2.75) is 19.1 Å². The normalized spacial score (nSPS) is 11.8. The molecule has 36 heavy (non-hydrogen) atoms. The topological polar surface area (TPSA) is 93.3 Å². The Morgan fingerprint density at radius 3 is 2.56 bits per heavy atom. The lowest BCUT2D eigenvalue weighted by atomic mass is 10.0. The van der Waals surface area contributed by atoms with Crippen LogP contribution in [0.15, 0.2) is 102 Å². The predicted molar refractivity (Wildman–Crippen MR) is 136 cm³/mol. The second kappa shape index (κ2) is 10.5. The highest BCUT2D eigenvalue weighted by Crippen LogP contribution is 2.30. The Kier molecular flexibility index (Phi) is 6.77. The second-order valence-electron chi connectivity index (χ2n) is 8.09. The van der Waals surface area contributed by atoms with Crippen LogP contribution in [0.1, 0.15) is 17.4 Å². The van der Waals surface area contributed by atoms with E-state index in [1.54, 1.807) is 42.7 Å². The first kappa shape index (κ1) is 23.3. The summed E-state index contributed by atoms with van der Waals surface area (Å²) in [7, 11) is 0. The van der Waals surface area contributed by atoms with Gasteiger partial charge >= 0.3 is 0 Å². The van der Waals surface area contributed by atoms with Gasteiger partial charge in [0, 0.05) is 10.7 Å². The van der Waals surface area contributed by atoms with E-state index in [9.17, 15) is 9.59 Å². The lowest BCUT2D eigenvalue weighted by Gasteiger charge is -2.31. The lowest BCUT2D eigenvalue weighted by Crippen LogP contribution is -2.45. The summed E-state index contributed by atoms with van der Waals surface area (Å²) in [4.78, 5) is 29.0. The molecule has 9 heteroatoms. The Morgan fingerprint density at radius 2 is 1.78 bits per heavy atom. The molecule has 0 aliphatic heterocycles. The first-order valence-electron chi connectivity index (χ1n) is 11.3. The Morgan fingerprint density at radius 1 is 0.972 bits per heavy atom. The van der Waals surface area contributed by atoms with Gasteiger partial charge in [-0.1, -0.05) is 65.3 Å². The fourth-order valence-electron chi connectivity index (χ4n) is 4.04. The van der Waals surface area contributed by atoms with Crippen molar-refractivity contribution in [1.82, 2.24) is 20.3 Å². The van der Waals surface area contributed by atoms with Crippen LogP contribution in [0.3, 0.4) is 0 Å². The highest BCUT2D eigenvalue weighted by molar-refractivity contribution is 6.31. The van der Waals surface area contributed by atoms with Crippen LogP contribution in [-0.2, 0) is 22.7 Å². The summed E-state index contributed by atoms with van der Waals surface area (Å²) in [5.41, 5.74) is 2.52. The number of anilines is 1. The maximum absolute atomic E-state index is 13.9. The predicted octanol–water partition coefficient (Wildman–Crippen LogP) is 4.77. The number of aromatic nitrogens is 3. The van der Waals surface area contributed by atoms with Gasteiger partial charge in [0.2, 0.25) is 11.8 Å². The maximum Gasteiger partial charge on any atom is 0.249 e. The Labute approximate surface area is 212 Å². The second-order valence-corrected chi connectivity index (χ2v) is 8.53. The minimum Gasteiger partial charge on any atom is -0.467 e. The first-order valence-corrected chi connectivity index (χ1v) is 11.7. The standard InChI is InChI=1S/C27H22ClN5O3/c28-20-10-6-11-21(16-20)33(25(34)18-32-24-14-5-4-13-23(24)30-31-32)26(19-8-2-1-3-9-19)27(35)29-17-22-12-7-15-36-22/h1-16,26H,17-18H2,(H,29,35)/t26-/m0/s1. The van der Waals surface area contributed by atoms with Crippen LogP contribution in [0, 0.1) is 0 Å². The lowest BCUT2D eigenvalue weighted by molar-refractivity contribution is -0.127. The number of hydrogen-bond donors (Lipinski definition) is 1. The van der Waals surface area contributed by atoms with Gasteiger partial charge in [-0.3, -0.25) is 14.5 Å². The van der Waals surface area contributed by atoms with E-state index >= 15 is 0 Å². The molecule has 0 radical (unpaired) electrons. The van der Waals surface area contributed by atoms with Gasteiger partial charge in [-0.15, -0.1) is 5.10 Å². The number of furan rings is 1. The molecule has 0 saturated heterocycles. The van der Waals surface area contributed by atoms with E-state index in [2.05, 4.69) is 15.6 Å². The number of hydrogen-bond acceptors (Lipinski definition) is 5. The minimum absolute atomic E-state index is 0.123. The van der Waals surface area contributed by atoms with Crippen molar-refractivity contribution >= 4 is 40.1 Å². The molecule has 0 bridgehead atoms. The quantitative estimate of drug-likeness (QED) is 0.332. The number of halogens is 1. The summed E-state index contributed by atoms with van der Waals surface area (Å²) in [5.74, 6) is -0.117. The molecule has 0 unspecified atom stereocenters. The van der Waals surface area contributed by atoms with E-state index in [0.29, 0.717) is 27.6 Å². The summed E-state index contributed by atoms with van der Waals surface area (Å²) in [6, 6.07) is 25.9. The molecule has 2 aromatic heterocycles. The third kappa shape index (κ3) is 4.99. The Balaban J connectivity index is 1.54. The molecule has 8 nitrogen and oxygen atoms in total. The fourth-order valence-corrected chi connectivity index (χ4v) is 4.22. The van der Waals surface area contributed by atoms with Crippen molar-refractivity contribution in [2.24, 2.45) is 0 Å². The van der Waals surface area contributed by atoms with Crippen molar-refractivity contribution in [1.29, 1.82) is 0 Å². The summed E-state index contributed by atoms with van der Waals surface area (Å²) >= 11 is 6.29. The number of benzene rings is 3. The molecule has 2 amide bonds. The number of para-hydroxylation sites is 1. The van der Waals surface area contributed by atoms with Crippen molar-refractivity contribution in [3.05, 3.63) is 114 Å². The van der Waals surface area contributed by atoms with E-state index in [-0.39, 0.29) is 24.9 Å². The van der Waals surface area contributed by atoms with Gasteiger partial charge < -0.3 is 9.73 Å². The molecular formula is C27H22ClN5O3. The van der Waals surface area contributed by atoms with Crippen LogP contribution >= 0.6 is 11.6 Å². The van der Waals surface area contributed by atoms with Gasteiger partial charge in [-0.05, 0) is 48.0 Å². The summed E-state index contributed by atoms with van der Waals surface area (Å²) in [6.07, 6.45) is 1.54. The Bertz CT molecular complexity index is 1480. The van der Waals surface area contributed by atoms with Crippen LogP contribution < -0.4 is 10.2 Å². The largest absolute Gasteiger partial charge is 0.467 e. The number of rotatable bonds is 8. The maximum atomic E-state index is 13.9. The Hall–Kier alpha value is -4.43. The van der Waals surface area contributed by atoms with Crippen LogP contribution in [-0.4, -0.2) is 26.8 Å². The third-order valence-electron chi connectivity index (χ3n) is 5.70. The SMILES string of the molecule is O=C(NCc1ccco1)[C@H](c1ccccc1)N(C(=O)Cn1nnc2ccccc21)c1cccc(Cl)c1. The molecule has 5 rings (SSSR count). The van der Waals surface area contributed by atoms with E-state index in [0.717, 1.165) is 5.52 Å². The third-order valence-corrected chi connectivity index (χ3v) is 5.93. The van der Waals surface area contributed by atoms with E-state index < -0.39 is 6.04 Å². The molecule has 0 aliphatic carbocycles. The van der Waals surface area contributed by atoms with Crippen LogP contribution in [0.4, 0.5) is 5.69 Å². The van der Waals surface area contributed by atoms with Gasteiger partial charge in [0.1, 0.15) is 23.9 Å². The highest BCUT2D eigenvalue weighted by Gasteiger charge is 2.33. The van der Waals surface area contributed by atoms with Crippen molar-refractivity contribution in [3.63, 3.8) is 0 Å². The zero-order valence-corrected chi connectivity index (χ0v) is 19.9. The molecule has 2 heterocycles. The average molecular weight is 500 g/mol. The van der Waals surface area contributed by atoms with Gasteiger partial charge in [-0.25, -0.2) is 4.68 Å². The zero-order valence-electron chi connectivity index (χ0n) is 19.1. The van der Waals surface area contributed by atoms with E-state index in [1.165, 1.54) is 9.58 Å². The summed E-state index contributed by atoms with van der Waals surface area (Å²) in [6.45, 7) is 0.0578.